The normalized spacial score (nSPS) is 28.7. The summed E-state index contributed by atoms with van der Waals surface area (Å²) in [5.41, 5.74) is -0.640. The molecule has 0 aliphatic heterocycles. The van der Waals surface area contributed by atoms with E-state index in [-0.39, 0.29) is 5.56 Å². The predicted molar refractivity (Wildman–Crippen MR) is 74.7 cm³/mol. The Morgan fingerprint density at radius 2 is 2.11 bits per heavy atom. The molecule has 2 rings (SSSR count). The fourth-order valence-corrected chi connectivity index (χ4v) is 3.12. The summed E-state index contributed by atoms with van der Waals surface area (Å²) < 4.78 is 14.6. The molecular weight excluding hydrogens is 309 g/mol. The van der Waals surface area contributed by atoms with Crippen LogP contribution >= 0.6 is 15.9 Å². The molecule has 1 fully saturated rings. The Bertz CT molecular complexity index is 503. The Kier molecular flexibility index (Phi) is 4.27. The fraction of sp³-hybridized carbons (Fsp3) is 0.533. The van der Waals surface area contributed by atoms with Crippen molar-refractivity contribution in [1.29, 1.82) is 5.26 Å². The highest BCUT2D eigenvalue weighted by atomic mass is 79.9. The van der Waals surface area contributed by atoms with E-state index in [2.05, 4.69) is 28.9 Å². The molecule has 0 saturated heterocycles. The molecule has 0 amide bonds. The molecule has 0 radical (unpaired) electrons. The second-order valence-electron chi connectivity index (χ2n) is 5.52. The first-order valence-corrected chi connectivity index (χ1v) is 7.32. The maximum Gasteiger partial charge on any atom is 0.129 e. The smallest absolute Gasteiger partial charge is 0.129 e. The Morgan fingerprint density at radius 1 is 1.47 bits per heavy atom. The molecule has 1 aliphatic rings. The summed E-state index contributed by atoms with van der Waals surface area (Å²) in [7, 11) is 0. The summed E-state index contributed by atoms with van der Waals surface area (Å²) in [6, 6.07) is 6.73. The number of aliphatic hydroxyl groups excluding tert-OH is 1. The maximum atomic E-state index is 13.9. The molecule has 1 saturated carbocycles. The monoisotopic (exact) mass is 325 g/mol. The van der Waals surface area contributed by atoms with E-state index in [4.69, 9.17) is 0 Å². The van der Waals surface area contributed by atoms with E-state index < -0.39 is 17.3 Å². The molecular formula is C15H17BrFNO. The lowest BCUT2D eigenvalue weighted by atomic mass is 9.67. The average Bonchev–Trinajstić information content (AvgIpc) is 2.42. The molecule has 1 atom stereocenters. The maximum absolute atomic E-state index is 13.9. The Labute approximate surface area is 121 Å². The lowest BCUT2D eigenvalue weighted by Crippen LogP contribution is -2.32. The van der Waals surface area contributed by atoms with Gasteiger partial charge in [0.2, 0.25) is 0 Å². The lowest BCUT2D eigenvalue weighted by Gasteiger charge is -2.37. The van der Waals surface area contributed by atoms with Gasteiger partial charge in [-0.1, -0.05) is 22.9 Å². The zero-order chi connectivity index (χ0) is 14.0. The van der Waals surface area contributed by atoms with Gasteiger partial charge < -0.3 is 5.11 Å². The summed E-state index contributed by atoms with van der Waals surface area (Å²) in [5.74, 6) is 0.116. The SMILES string of the molecule is CC1CCC(C#N)(C(O)c2cc(Br)ccc2F)CC1. The Balaban J connectivity index is 2.33. The van der Waals surface area contributed by atoms with Gasteiger partial charge in [0.1, 0.15) is 11.9 Å². The van der Waals surface area contributed by atoms with Crippen LogP contribution in [0.2, 0.25) is 0 Å². The van der Waals surface area contributed by atoms with Crippen LogP contribution in [0.4, 0.5) is 4.39 Å². The number of halogens is 2. The third kappa shape index (κ3) is 2.82. The first kappa shape index (κ1) is 14.5. The molecule has 19 heavy (non-hydrogen) atoms. The average molecular weight is 326 g/mol. The van der Waals surface area contributed by atoms with Gasteiger partial charge in [0, 0.05) is 10.0 Å². The molecule has 1 aliphatic carbocycles. The zero-order valence-corrected chi connectivity index (χ0v) is 12.5. The van der Waals surface area contributed by atoms with Crippen LogP contribution in [-0.4, -0.2) is 5.11 Å². The van der Waals surface area contributed by atoms with Crippen LogP contribution in [0, 0.1) is 28.5 Å². The van der Waals surface area contributed by atoms with Gasteiger partial charge in [-0.05, 0) is 49.8 Å². The third-order valence-electron chi connectivity index (χ3n) is 4.17. The van der Waals surface area contributed by atoms with Crippen LogP contribution in [-0.2, 0) is 0 Å². The number of hydrogen-bond donors (Lipinski definition) is 1. The summed E-state index contributed by atoms with van der Waals surface area (Å²) in [4.78, 5) is 0. The van der Waals surface area contributed by atoms with E-state index in [9.17, 15) is 14.8 Å². The van der Waals surface area contributed by atoms with E-state index in [0.717, 1.165) is 12.8 Å². The number of nitrogens with zero attached hydrogens (tertiary/aromatic N) is 1. The number of hydrogen-bond acceptors (Lipinski definition) is 2. The van der Waals surface area contributed by atoms with Crippen molar-refractivity contribution in [2.24, 2.45) is 11.3 Å². The van der Waals surface area contributed by atoms with Crippen LogP contribution in [0.5, 0.6) is 0 Å². The van der Waals surface area contributed by atoms with E-state index >= 15 is 0 Å². The van der Waals surface area contributed by atoms with Gasteiger partial charge in [-0.15, -0.1) is 0 Å². The summed E-state index contributed by atoms with van der Waals surface area (Å²) >= 11 is 3.28. The minimum atomic E-state index is -1.07. The van der Waals surface area contributed by atoms with Crippen LogP contribution in [0.3, 0.4) is 0 Å². The lowest BCUT2D eigenvalue weighted by molar-refractivity contribution is 0.0242. The van der Waals surface area contributed by atoms with Crippen molar-refractivity contribution in [3.63, 3.8) is 0 Å². The molecule has 1 aromatic rings. The van der Waals surface area contributed by atoms with Crippen molar-refractivity contribution in [1.82, 2.24) is 0 Å². The number of aliphatic hydroxyl groups is 1. The first-order valence-electron chi connectivity index (χ1n) is 6.53. The quantitative estimate of drug-likeness (QED) is 0.878. The highest BCUT2D eigenvalue weighted by Gasteiger charge is 2.42. The van der Waals surface area contributed by atoms with Crippen molar-refractivity contribution in [2.75, 3.05) is 0 Å². The van der Waals surface area contributed by atoms with Crippen molar-refractivity contribution < 1.29 is 9.50 Å². The van der Waals surface area contributed by atoms with Crippen molar-refractivity contribution >= 4 is 15.9 Å². The highest BCUT2D eigenvalue weighted by molar-refractivity contribution is 9.10. The molecule has 102 valence electrons. The topological polar surface area (TPSA) is 44.0 Å². The van der Waals surface area contributed by atoms with Crippen LogP contribution in [0.25, 0.3) is 0 Å². The van der Waals surface area contributed by atoms with E-state index in [1.165, 1.54) is 6.07 Å². The summed E-state index contributed by atoms with van der Waals surface area (Å²) in [6.45, 7) is 2.15. The minimum absolute atomic E-state index is 0.213. The van der Waals surface area contributed by atoms with Gasteiger partial charge in [0.25, 0.3) is 0 Å². The van der Waals surface area contributed by atoms with Crippen LogP contribution in [0.15, 0.2) is 22.7 Å². The predicted octanol–water partition coefficient (Wildman–Crippen LogP) is 4.34. The molecule has 0 bridgehead atoms. The van der Waals surface area contributed by atoms with Gasteiger partial charge in [0.15, 0.2) is 0 Å². The van der Waals surface area contributed by atoms with Crippen molar-refractivity contribution in [3.8, 4) is 6.07 Å². The second kappa shape index (κ2) is 5.60. The Morgan fingerprint density at radius 3 is 2.68 bits per heavy atom. The van der Waals surface area contributed by atoms with Gasteiger partial charge in [-0.25, -0.2) is 4.39 Å². The second-order valence-corrected chi connectivity index (χ2v) is 6.43. The number of nitriles is 1. The van der Waals surface area contributed by atoms with Gasteiger partial charge in [-0.2, -0.15) is 5.26 Å². The van der Waals surface area contributed by atoms with Crippen LogP contribution < -0.4 is 0 Å². The van der Waals surface area contributed by atoms with Crippen LogP contribution in [0.1, 0.15) is 44.3 Å². The zero-order valence-electron chi connectivity index (χ0n) is 10.9. The molecule has 0 spiro atoms. The molecule has 1 N–H and O–H groups in total. The molecule has 1 aromatic carbocycles. The molecule has 0 aromatic heterocycles. The van der Waals surface area contributed by atoms with E-state index in [1.54, 1.807) is 12.1 Å². The van der Waals surface area contributed by atoms with Gasteiger partial charge in [-0.3, -0.25) is 0 Å². The number of benzene rings is 1. The van der Waals surface area contributed by atoms with Gasteiger partial charge >= 0.3 is 0 Å². The molecule has 4 heteroatoms. The highest BCUT2D eigenvalue weighted by Crippen LogP contribution is 2.47. The van der Waals surface area contributed by atoms with Crippen molar-refractivity contribution in [3.05, 3.63) is 34.1 Å². The largest absolute Gasteiger partial charge is 0.387 e. The van der Waals surface area contributed by atoms with E-state index in [1.807, 2.05) is 0 Å². The summed E-state index contributed by atoms with van der Waals surface area (Å²) in [6.07, 6.45) is 1.98. The first-order chi connectivity index (χ1) is 8.98. The number of rotatable bonds is 2. The standard InChI is InChI=1S/C15H17BrFNO/c1-10-4-6-15(9-18,7-5-10)14(19)12-8-11(16)2-3-13(12)17/h2-3,8,10,14,19H,4-7H2,1H3. The van der Waals surface area contributed by atoms with Gasteiger partial charge in [0.05, 0.1) is 11.5 Å². The Hall–Kier alpha value is -0.920. The van der Waals surface area contributed by atoms with E-state index in [0.29, 0.717) is 23.2 Å². The third-order valence-corrected chi connectivity index (χ3v) is 4.66. The molecule has 0 heterocycles. The van der Waals surface area contributed by atoms with Crippen molar-refractivity contribution in [2.45, 2.75) is 38.7 Å². The summed E-state index contributed by atoms with van der Waals surface area (Å²) in [5, 5.41) is 20.0. The molecule has 2 nitrogen and oxygen atoms in total. The fourth-order valence-electron chi connectivity index (χ4n) is 2.75. The molecule has 1 unspecified atom stereocenters. The minimum Gasteiger partial charge on any atom is -0.387 e.